The van der Waals surface area contributed by atoms with Crippen LogP contribution in [0.5, 0.6) is 5.75 Å². The number of nitrogens with one attached hydrogen (secondary N) is 1. The lowest BCUT2D eigenvalue weighted by molar-refractivity contribution is -0.122. The van der Waals surface area contributed by atoms with E-state index in [1.54, 1.807) is 6.92 Å². The molecular weight excluding hydrogens is 471 g/mol. The van der Waals surface area contributed by atoms with Crippen molar-refractivity contribution in [2.75, 3.05) is 23.7 Å². The summed E-state index contributed by atoms with van der Waals surface area (Å²) in [5, 5.41) is 3.31. The number of benzene rings is 2. The van der Waals surface area contributed by atoms with E-state index in [4.69, 9.17) is 27.9 Å². The van der Waals surface area contributed by atoms with Gasteiger partial charge in [0.25, 0.3) is 0 Å². The van der Waals surface area contributed by atoms with Gasteiger partial charge >= 0.3 is 0 Å². The number of halogens is 2. The lowest BCUT2D eigenvalue weighted by Gasteiger charge is -2.30. The predicted octanol–water partition coefficient (Wildman–Crippen LogP) is 5.03. The zero-order valence-corrected chi connectivity index (χ0v) is 21.3. The molecule has 6 nitrogen and oxygen atoms in total. The zero-order chi connectivity index (χ0) is 24.1. The maximum atomic E-state index is 12.8. The Kier molecular flexibility index (Phi) is 8.85. The lowest BCUT2D eigenvalue weighted by atomic mass is 9.87. The molecule has 0 heterocycles. The van der Waals surface area contributed by atoms with Gasteiger partial charge in [0.15, 0.2) is 0 Å². The van der Waals surface area contributed by atoms with Crippen LogP contribution in [0.25, 0.3) is 0 Å². The Morgan fingerprint density at radius 1 is 1.09 bits per heavy atom. The van der Waals surface area contributed by atoms with Crippen molar-refractivity contribution in [2.45, 2.75) is 45.6 Å². The summed E-state index contributed by atoms with van der Waals surface area (Å²) in [7, 11) is -3.77. The topological polar surface area (TPSA) is 75.7 Å². The number of hydrogen-bond donors (Lipinski definition) is 1. The van der Waals surface area contributed by atoms with Crippen LogP contribution in [0.15, 0.2) is 42.5 Å². The van der Waals surface area contributed by atoms with E-state index in [0.29, 0.717) is 5.75 Å². The number of amides is 1. The second-order valence-corrected chi connectivity index (χ2v) is 11.3. The molecule has 2 aromatic carbocycles. The molecule has 0 radical (unpaired) electrons. The van der Waals surface area contributed by atoms with Gasteiger partial charge in [-0.3, -0.25) is 9.10 Å². The van der Waals surface area contributed by atoms with Gasteiger partial charge in [0, 0.05) is 10.0 Å². The molecule has 2 rings (SSSR count). The van der Waals surface area contributed by atoms with Gasteiger partial charge in [-0.05, 0) is 47.7 Å². The SMILES string of the molecule is CCC(C(=O)NCCOc1ccc(C(C)(C)C)cc1)N(c1cc(Cl)cc(Cl)c1)S(C)(=O)=O. The number of ether oxygens (including phenoxy) is 1. The van der Waals surface area contributed by atoms with Gasteiger partial charge in [0.05, 0.1) is 18.5 Å². The highest BCUT2D eigenvalue weighted by atomic mass is 35.5. The third kappa shape index (κ3) is 7.29. The highest BCUT2D eigenvalue weighted by molar-refractivity contribution is 7.92. The maximum absolute atomic E-state index is 12.8. The van der Waals surface area contributed by atoms with Gasteiger partial charge in [-0.1, -0.05) is 63.0 Å². The average Bonchev–Trinajstić information content (AvgIpc) is 2.67. The van der Waals surface area contributed by atoms with E-state index in [1.165, 1.54) is 23.8 Å². The van der Waals surface area contributed by atoms with Crippen LogP contribution in [0.1, 0.15) is 39.7 Å². The Morgan fingerprint density at radius 3 is 2.12 bits per heavy atom. The number of anilines is 1. The molecule has 32 heavy (non-hydrogen) atoms. The van der Waals surface area contributed by atoms with Gasteiger partial charge in [-0.2, -0.15) is 0 Å². The quantitative estimate of drug-likeness (QED) is 0.489. The summed E-state index contributed by atoms with van der Waals surface area (Å²) in [6, 6.07) is 11.3. The van der Waals surface area contributed by atoms with E-state index < -0.39 is 22.0 Å². The first-order valence-corrected chi connectivity index (χ1v) is 12.9. The molecule has 0 saturated heterocycles. The number of hydrogen-bond acceptors (Lipinski definition) is 4. The zero-order valence-electron chi connectivity index (χ0n) is 19.0. The summed E-state index contributed by atoms with van der Waals surface area (Å²) in [5.74, 6) is 0.270. The van der Waals surface area contributed by atoms with Crippen molar-refractivity contribution in [1.29, 1.82) is 0 Å². The second kappa shape index (κ2) is 10.8. The van der Waals surface area contributed by atoms with Crippen LogP contribution in [0.3, 0.4) is 0 Å². The first-order valence-electron chi connectivity index (χ1n) is 10.3. The van der Waals surface area contributed by atoms with Crippen molar-refractivity contribution in [3.8, 4) is 5.75 Å². The molecule has 1 atom stereocenters. The number of rotatable bonds is 9. The molecule has 9 heteroatoms. The summed E-state index contributed by atoms with van der Waals surface area (Å²) < 4.78 is 31.8. The summed E-state index contributed by atoms with van der Waals surface area (Å²) in [6.45, 7) is 8.63. The third-order valence-electron chi connectivity index (χ3n) is 4.82. The van der Waals surface area contributed by atoms with Crippen LogP contribution in [0, 0.1) is 0 Å². The fourth-order valence-electron chi connectivity index (χ4n) is 3.24. The van der Waals surface area contributed by atoms with Crippen molar-refractivity contribution in [3.05, 3.63) is 58.1 Å². The highest BCUT2D eigenvalue weighted by Gasteiger charge is 2.31. The molecule has 0 bridgehead atoms. The Labute approximate surface area is 200 Å². The van der Waals surface area contributed by atoms with E-state index in [1.807, 2.05) is 24.3 Å². The van der Waals surface area contributed by atoms with E-state index in [2.05, 4.69) is 26.1 Å². The van der Waals surface area contributed by atoms with Crippen LogP contribution in [0.4, 0.5) is 5.69 Å². The molecule has 0 aliphatic heterocycles. The molecule has 1 unspecified atom stereocenters. The van der Waals surface area contributed by atoms with Crippen molar-refractivity contribution in [1.82, 2.24) is 5.32 Å². The Balaban J connectivity index is 2.04. The van der Waals surface area contributed by atoms with Crippen molar-refractivity contribution in [3.63, 3.8) is 0 Å². The molecule has 0 aliphatic rings. The minimum absolute atomic E-state index is 0.0559. The standard InChI is InChI=1S/C23H30Cl2N2O4S/c1-6-21(27(32(5,29)30)19-14-17(24)13-18(25)15-19)22(28)26-11-12-31-20-9-7-16(8-10-20)23(2,3)4/h7-10,13-15,21H,6,11-12H2,1-5H3,(H,26,28). The smallest absolute Gasteiger partial charge is 0.244 e. The van der Waals surface area contributed by atoms with Crippen LogP contribution in [-0.2, 0) is 20.2 Å². The van der Waals surface area contributed by atoms with Crippen molar-refractivity contribution < 1.29 is 17.9 Å². The Morgan fingerprint density at radius 2 is 1.66 bits per heavy atom. The van der Waals surface area contributed by atoms with E-state index in [0.717, 1.165) is 10.6 Å². The normalized spacial score (nSPS) is 12.8. The maximum Gasteiger partial charge on any atom is 0.244 e. The number of sulfonamides is 1. The highest BCUT2D eigenvalue weighted by Crippen LogP contribution is 2.29. The molecule has 0 aliphatic carbocycles. The second-order valence-electron chi connectivity index (χ2n) is 8.52. The van der Waals surface area contributed by atoms with E-state index in [9.17, 15) is 13.2 Å². The molecule has 1 N–H and O–H groups in total. The monoisotopic (exact) mass is 500 g/mol. The molecule has 0 saturated carbocycles. The molecule has 0 aromatic heterocycles. The summed E-state index contributed by atoms with van der Waals surface area (Å²) in [5.41, 5.74) is 1.49. The minimum Gasteiger partial charge on any atom is -0.492 e. The van der Waals surface area contributed by atoms with Crippen LogP contribution >= 0.6 is 23.2 Å². The Bertz CT molecular complexity index is 1010. The van der Waals surface area contributed by atoms with Gasteiger partial charge in [0.2, 0.25) is 15.9 Å². The molecular formula is C23H30Cl2N2O4S. The fraction of sp³-hybridized carbons (Fsp3) is 0.435. The molecule has 2 aromatic rings. The summed E-state index contributed by atoms with van der Waals surface area (Å²) in [4.78, 5) is 12.8. The van der Waals surface area contributed by atoms with Crippen molar-refractivity contribution in [2.24, 2.45) is 0 Å². The molecule has 0 fully saturated rings. The van der Waals surface area contributed by atoms with Crippen LogP contribution in [0.2, 0.25) is 10.0 Å². The number of carbonyl (C=O) groups is 1. The summed E-state index contributed by atoms with van der Waals surface area (Å²) in [6.07, 6.45) is 1.31. The lowest BCUT2D eigenvalue weighted by Crippen LogP contribution is -2.50. The van der Waals surface area contributed by atoms with Crippen LogP contribution < -0.4 is 14.4 Å². The first-order chi connectivity index (χ1) is 14.8. The first kappa shape index (κ1) is 26.3. The molecule has 0 spiro atoms. The average molecular weight is 501 g/mol. The van der Waals surface area contributed by atoms with Gasteiger partial charge < -0.3 is 10.1 Å². The van der Waals surface area contributed by atoms with Gasteiger partial charge in [-0.15, -0.1) is 0 Å². The molecule has 1 amide bonds. The largest absolute Gasteiger partial charge is 0.492 e. The minimum atomic E-state index is -3.77. The fourth-order valence-corrected chi connectivity index (χ4v) is 4.95. The Hall–Kier alpha value is -1.96. The predicted molar refractivity (Wildman–Crippen MR) is 132 cm³/mol. The number of carbonyl (C=O) groups excluding carboxylic acids is 1. The van der Waals surface area contributed by atoms with Crippen molar-refractivity contribution >= 4 is 44.8 Å². The van der Waals surface area contributed by atoms with E-state index in [-0.39, 0.29) is 40.7 Å². The number of nitrogens with zero attached hydrogens (tertiary/aromatic N) is 1. The molecule has 176 valence electrons. The van der Waals surface area contributed by atoms with Crippen LogP contribution in [-0.4, -0.2) is 39.8 Å². The van der Waals surface area contributed by atoms with E-state index >= 15 is 0 Å². The third-order valence-corrected chi connectivity index (χ3v) is 6.44. The van der Waals surface area contributed by atoms with Gasteiger partial charge in [0.1, 0.15) is 18.4 Å². The summed E-state index contributed by atoms with van der Waals surface area (Å²) >= 11 is 12.1. The van der Waals surface area contributed by atoms with Gasteiger partial charge in [-0.25, -0.2) is 8.42 Å².